The molecule has 130 valence electrons. The smallest absolute Gasteiger partial charge is 0.285 e. The van der Waals surface area contributed by atoms with Gasteiger partial charge in [-0.2, -0.15) is 0 Å². The fourth-order valence-electron chi connectivity index (χ4n) is 3.01. The van der Waals surface area contributed by atoms with E-state index in [2.05, 4.69) is 5.32 Å². The number of carbonyl (C=O) groups is 1. The first kappa shape index (κ1) is 16.9. The van der Waals surface area contributed by atoms with E-state index in [1.54, 1.807) is 0 Å². The van der Waals surface area contributed by atoms with Crippen LogP contribution in [0.2, 0.25) is 0 Å². The average Bonchev–Trinajstić information content (AvgIpc) is 2.58. The number of nitro groups is 1. The van der Waals surface area contributed by atoms with Gasteiger partial charge in [0.2, 0.25) is 0 Å². The lowest BCUT2D eigenvalue weighted by Gasteiger charge is -2.25. The second kappa shape index (κ2) is 6.88. The summed E-state index contributed by atoms with van der Waals surface area (Å²) < 4.78 is 19.2. The van der Waals surface area contributed by atoms with Crippen molar-refractivity contribution in [2.45, 2.75) is 13.3 Å². The van der Waals surface area contributed by atoms with Crippen molar-refractivity contribution in [2.75, 3.05) is 13.2 Å². The van der Waals surface area contributed by atoms with Crippen LogP contribution in [0.3, 0.4) is 0 Å². The lowest BCUT2D eigenvalue weighted by Crippen LogP contribution is -2.35. The number of halogens is 1. The number of aryl methyl sites for hydroxylation is 1. The summed E-state index contributed by atoms with van der Waals surface area (Å²) in [6.07, 6.45) is 0.737. The highest BCUT2D eigenvalue weighted by atomic mass is 19.1. The van der Waals surface area contributed by atoms with Gasteiger partial charge in [-0.05, 0) is 37.1 Å². The number of carbonyl (C=O) groups excluding carboxylic acids is 1. The Morgan fingerprint density at radius 1 is 1.40 bits per heavy atom. The van der Waals surface area contributed by atoms with Crippen LogP contribution >= 0.6 is 0 Å². The Balaban J connectivity index is 1.71. The van der Waals surface area contributed by atoms with Gasteiger partial charge in [-0.1, -0.05) is 18.2 Å². The molecule has 0 aromatic heterocycles. The molecule has 1 amide bonds. The molecule has 0 radical (unpaired) electrons. The maximum Gasteiger partial charge on any atom is 0.285 e. The predicted octanol–water partition coefficient (Wildman–Crippen LogP) is 3.02. The number of para-hydroxylation sites is 1. The number of nitrogens with zero attached hydrogens (tertiary/aromatic N) is 1. The van der Waals surface area contributed by atoms with E-state index in [0.29, 0.717) is 13.2 Å². The minimum Gasteiger partial charge on any atom is -0.493 e. The zero-order chi connectivity index (χ0) is 18.0. The van der Waals surface area contributed by atoms with Gasteiger partial charge in [-0.3, -0.25) is 14.9 Å². The molecule has 0 fully saturated rings. The number of benzene rings is 2. The molecule has 0 saturated carbocycles. The maximum atomic E-state index is 13.6. The zero-order valence-electron chi connectivity index (χ0n) is 13.6. The van der Waals surface area contributed by atoms with E-state index >= 15 is 0 Å². The van der Waals surface area contributed by atoms with Crippen LogP contribution in [0.4, 0.5) is 10.1 Å². The zero-order valence-corrected chi connectivity index (χ0v) is 13.6. The van der Waals surface area contributed by atoms with E-state index in [9.17, 15) is 19.3 Å². The van der Waals surface area contributed by atoms with Crippen LogP contribution in [0.5, 0.6) is 5.75 Å². The normalized spacial score (nSPS) is 15.8. The highest BCUT2D eigenvalue weighted by Crippen LogP contribution is 2.27. The van der Waals surface area contributed by atoms with E-state index in [0.717, 1.165) is 29.9 Å². The Hall–Kier alpha value is -2.96. The molecule has 7 heteroatoms. The van der Waals surface area contributed by atoms with Crippen LogP contribution in [0.25, 0.3) is 0 Å². The molecule has 1 heterocycles. The Morgan fingerprint density at radius 2 is 2.16 bits per heavy atom. The third kappa shape index (κ3) is 3.60. The molecule has 1 aliphatic heterocycles. The van der Waals surface area contributed by atoms with Crippen molar-refractivity contribution in [3.8, 4) is 5.75 Å². The van der Waals surface area contributed by atoms with Crippen molar-refractivity contribution in [2.24, 2.45) is 5.92 Å². The van der Waals surface area contributed by atoms with Gasteiger partial charge in [0, 0.05) is 18.0 Å². The number of hydrogen-bond acceptors (Lipinski definition) is 4. The van der Waals surface area contributed by atoms with Gasteiger partial charge in [0.05, 0.1) is 11.5 Å². The van der Waals surface area contributed by atoms with Crippen LogP contribution in [0, 0.1) is 28.8 Å². The first-order valence-corrected chi connectivity index (χ1v) is 7.89. The van der Waals surface area contributed by atoms with Gasteiger partial charge in [0.1, 0.15) is 17.1 Å². The first-order valence-electron chi connectivity index (χ1n) is 7.89. The van der Waals surface area contributed by atoms with Crippen molar-refractivity contribution in [1.29, 1.82) is 0 Å². The number of nitrogens with one attached hydrogen (secondary N) is 1. The van der Waals surface area contributed by atoms with Crippen molar-refractivity contribution < 1.29 is 18.8 Å². The van der Waals surface area contributed by atoms with Gasteiger partial charge >= 0.3 is 0 Å². The van der Waals surface area contributed by atoms with Crippen LogP contribution in [-0.4, -0.2) is 24.0 Å². The quantitative estimate of drug-likeness (QED) is 0.683. The molecular formula is C18H17FN2O4. The molecule has 1 aliphatic rings. The third-order valence-electron chi connectivity index (χ3n) is 4.20. The topological polar surface area (TPSA) is 81.5 Å². The Labute approximate surface area is 143 Å². The second-order valence-corrected chi connectivity index (χ2v) is 6.07. The molecular weight excluding hydrogens is 327 g/mol. The van der Waals surface area contributed by atoms with E-state index in [4.69, 9.17) is 4.74 Å². The Morgan fingerprint density at radius 3 is 2.92 bits per heavy atom. The van der Waals surface area contributed by atoms with Crippen LogP contribution < -0.4 is 10.1 Å². The number of nitro benzene ring substituents is 1. The molecule has 0 unspecified atom stereocenters. The van der Waals surface area contributed by atoms with Crippen molar-refractivity contribution in [1.82, 2.24) is 5.32 Å². The predicted molar refractivity (Wildman–Crippen MR) is 89.3 cm³/mol. The largest absolute Gasteiger partial charge is 0.493 e. The minimum absolute atomic E-state index is 0.0487. The fourth-order valence-corrected chi connectivity index (χ4v) is 3.01. The van der Waals surface area contributed by atoms with Gasteiger partial charge in [0.25, 0.3) is 11.6 Å². The summed E-state index contributed by atoms with van der Waals surface area (Å²) >= 11 is 0. The molecule has 0 spiro atoms. The van der Waals surface area contributed by atoms with Crippen molar-refractivity contribution in [3.63, 3.8) is 0 Å². The highest BCUT2D eigenvalue weighted by molar-refractivity contribution is 5.98. The first-order chi connectivity index (χ1) is 12.0. The fraction of sp³-hybridized carbons (Fsp3) is 0.278. The van der Waals surface area contributed by atoms with Crippen LogP contribution in [-0.2, 0) is 6.42 Å². The Bertz CT molecular complexity index is 838. The minimum atomic E-state index is -0.678. The van der Waals surface area contributed by atoms with Crippen molar-refractivity contribution >= 4 is 11.6 Å². The SMILES string of the molecule is Cc1cc(F)cc(C(=O)NC[C@@H]2COc3ccccc3C2)c1[N+](=O)[O-]. The van der Waals surface area contributed by atoms with Gasteiger partial charge in [0.15, 0.2) is 0 Å². The monoisotopic (exact) mass is 344 g/mol. The highest BCUT2D eigenvalue weighted by Gasteiger charge is 2.26. The molecule has 2 aromatic carbocycles. The summed E-state index contributed by atoms with van der Waals surface area (Å²) in [6.45, 7) is 2.14. The van der Waals surface area contributed by atoms with Crippen LogP contribution in [0.15, 0.2) is 36.4 Å². The summed E-state index contributed by atoms with van der Waals surface area (Å²) in [6, 6.07) is 9.61. The second-order valence-electron chi connectivity index (χ2n) is 6.07. The van der Waals surface area contributed by atoms with E-state index in [1.807, 2.05) is 24.3 Å². The number of rotatable bonds is 4. The number of ether oxygens (including phenoxy) is 1. The standard InChI is InChI=1S/C18H17FN2O4/c1-11-6-14(19)8-15(17(11)21(23)24)18(22)20-9-12-7-13-4-2-3-5-16(13)25-10-12/h2-6,8,12H,7,9-10H2,1H3,(H,20,22)/t12-/m1/s1. The number of fused-ring (bicyclic) bond motifs is 1. The molecule has 2 aromatic rings. The van der Waals surface area contributed by atoms with Crippen LogP contribution in [0.1, 0.15) is 21.5 Å². The summed E-state index contributed by atoms with van der Waals surface area (Å²) in [7, 11) is 0. The molecule has 0 bridgehead atoms. The lowest BCUT2D eigenvalue weighted by molar-refractivity contribution is -0.385. The number of hydrogen-bond donors (Lipinski definition) is 1. The molecule has 1 N–H and O–H groups in total. The average molecular weight is 344 g/mol. The van der Waals surface area contributed by atoms with Gasteiger partial charge in [-0.15, -0.1) is 0 Å². The van der Waals surface area contributed by atoms with E-state index in [1.165, 1.54) is 6.92 Å². The maximum absolute atomic E-state index is 13.6. The van der Waals surface area contributed by atoms with Crippen molar-refractivity contribution in [3.05, 3.63) is 69.0 Å². The third-order valence-corrected chi connectivity index (χ3v) is 4.20. The molecule has 0 saturated heterocycles. The summed E-state index contributed by atoms with van der Waals surface area (Å²) in [5.41, 5.74) is 0.537. The molecule has 6 nitrogen and oxygen atoms in total. The summed E-state index contributed by atoms with van der Waals surface area (Å²) in [4.78, 5) is 22.9. The van der Waals surface area contributed by atoms with Gasteiger partial charge in [-0.25, -0.2) is 4.39 Å². The van der Waals surface area contributed by atoms with Gasteiger partial charge < -0.3 is 10.1 Å². The van der Waals surface area contributed by atoms with E-state index < -0.39 is 16.6 Å². The number of amides is 1. The molecule has 25 heavy (non-hydrogen) atoms. The molecule has 1 atom stereocenters. The summed E-state index contributed by atoms with van der Waals surface area (Å²) in [5, 5.41) is 13.8. The Kier molecular flexibility index (Phi) is 4.65. The summed E-state index contributed by atoms with van der Waals surface area (Å²) in [5.74, 6) is -0.453. The van der Waals surface area contributed by atoms with E-state index in [-0.39, 0.29) is 22.7 Å². The molecule has 0 aliphatic carbocycles. The molecule has 3 rings (SSSR count). The lowest BCUT2D eigenvalue weighted by atomic mass is 9.96.